The van der Waals surface area contributed by atoms with Gasteiger partial charge in [0, 0.05) is 36.6 Å². The van der Waals surface area contributed by atoms with E-state index in [1.807, 2.05) is 0 Å². The minimum Gasteiger partial charge on any atom is -0.368 e. The molecule has 0 saturated carbocycles. The molecule has 2 aromatic heterocycles. The third kappa shape index (κ3) is 4.60. The van der Waals surface area contributed by atoms with E-state index in [9.17, 15) is 9.90 Å². The summed E-state index contributed by atoms with van der Waals surface area (Å²) in [6.45, 7) is 3.37. The van der Waals surface area contributed by atoms with E-state index in [1.165, 1.54) is 41.1 Å². The number of carbonyl (C=O) groups excluding carboxylic acids is 1. The Morgan fingerprint density at radius 3 is 2.73 bits per heavy atom. The number of nitrogens with one attached hydrogen (secondary N) is 1. The molecular weight excluding hydrogens is 519 g/mol. The lowest BCUT2D eigenvalue weighted by Gasteiger charge is -2.23. The number of hydrogen-bond acceptors (Lipinski definition) is 6. The number of hydrazone groups is 1. The van der Waals surface area contributed by atoms with Crippen LogP contribution in [0.5, 0.6) is 0 Å². The lowest BCUT2D eigenvalue weighted by atomic mass is 10.1. The van der Waals surface area contributed by atoms with Gasteiger partial charge in [-0.15, -0.1) is 0 Å². The van der Waals surface area contributed by atoms with Crippen molar-refractivity contribution in [2.75, 3.05) is 12.4 Å². The maximum atomic E-state index is 13.1. The molecule has 2 heterocycles. The number of amides is 1. The summed E-state index contributed by atoms with van der Waals surface area (Å²) < 4.78 is 1.69. The van der Waals surface area contributed by atoms with Crippen molar-refractivity contribution < 1.29 is 9.90 Å². The lowest BCUT2D eigenvalue weighted by Crippen LogP contribution is -2.23. The van der Waals surface area contributed by atoms with Crippen LogP contribution in [0.4, 0.5) is 5.69 Å². The zero-order chi connectivity index (χ0) is 22.0. The first-order chi connectivity index (χ1) is 14.2. The highest BCUT2D eigenvalue weighted by atomic mass is 79.9. The monoisotopic (exact) mass is 530 g/mol. The van der Waals surface area contributed by atoms with Crippen LogP contribution >= 0.6 is 50.7 Å². The molecule has 0 aliphatic heterocycles. The molecule has 156 valence electrons. The van der Waals surface area contributed by atoms with Gasteiger partial charge in [0.1, 0.15) is 10.3 Å². The van der Waals surface area contributed by atoms with Gasteiger partial charge in [0.25, 0.3) is 5.91 Å². The van der Waals surface area contributed by atoms with Gasteiger partial charge < -0.3 is 10.4 Å². The van der Waals surface area contributed by atoms with Gasteiger partial charge in [-0.2, -0.15) is 10.2 Å². The minimum atomic E-state index is -1.25. The van der Waals surface area contributed by atoms with E-state index >= 15 is 0 Å². The third-order valence-electron chi connectivity index (χ3n) is 4.03. The standard InChI is InChI=1S/C18H14BrCl3N6O2/c1-23-27(2)18(30)10-6-9(20)7-12(22)15(10)25-17(29)13-8-14(19)26-28(13)16-11(21)4-3-5-24-16/h3-8,18,30H,1H2,2H3,(H,25,29). The van der Waals surface area contributed by atoms with E-state index in [-0.39, 0.29) is 32.8 Å². The number of rotatable bonds is 6. The quantitative estimate of drug-likeness (QED) is 0.271. The van der Waals surface area contributed by atoms with Gasteiger partial charge in [0.15, 0.2) is 12.0 Å². The number of benzene rings is 1. The summed E-state index contributed by atoms with van der Waals surface area (Å²) in [5.41, 5.74) is 0.519. The van der Waals surface area contributed by atoms with Crippen LogP contribution in [0, 0.1) is 0 Å². The van der Waals surface area contributed by atoms with Crippen molar-refractivity contribution >= 4 is 69.0 Å². The number of nitrogens with zero attached hydrogens (tertiary/aromatic N) is 5. The summed E-state index contributed by atoms with van der Waals surface area (Å²) in [6, 6.07) is 7.70. The van der Waals surface area contributed by atoms with Crippen molar-refractivity contribution in [3.05, 3.63) is 67.5 Å². The SMILES string of the molecule is C=NN(C)C(O)c1cc(Cl)cc(Cl)c1NC(=O)c1cc(Br)nn1-c1ncccc1Cl. The molecule has 1 atom stereocenters. The number of halogens is 4. The normalized spacial score (nSPS) is 11.8. The fourth-order valence-electron chi connectivity index (χ4n) is 2.59. The largest absolute Gasteiger partial charge is 0.368 e. The van der Waals surface area contributed by atoms with Crippen molar-refractivity contribution in [1.29, 1.82) is 0 Å². The van der Waals surface area contributed by atoms with Gasteiger partial charge in [0.05, 0.1) is 15.7 Å². The van der Waals surface area contributed by atoms with Gasteiger partial charge in [0.2, 0.25) is 0 Å². The van der Waals surface area contributed by atoms with Crippen LogP contribution in [0.25, 0.3) is 5.82 Å². The summed E-state index contributed by atoms with van der Waals surface area (Å²) in [4.78, 5) is 17.3. The molecule has 0 radical (unpaired) electrons. The van der Waals surface area contributed by atoms with Crippen molar-refractivity contribution in [2.45, 2.75) is 6.23 Å². The number of anilines is 1. The molecule has 1 unspecified atom stereocenters. The van der Waals surface area contributed by atoms with E-state index in [4.69, 9.17) is 34.8 Å². The molecule has 1 amide bonds. The molecule has 0 aliphatic carbocycles. The van der Waals surface area contributed by atoms with Gasteiger partial charge in [-0.1, -0.05) is 34.8 Å². The smallest absolute Gasteiger partial charge is 0.274 e. The molecule has 3 rings (SSSR count). The van der Waals surface area contributed by atoms with Crippen molar-refractivity contribution in [2.24, 2.45) is 5.10 Å². The zero-order valence-electron chi connectivity index (χ0n) is 15.4. The van der Waals surface area contributed by atoms with E-state index in [0.29, 0.717) is 9.63 Å². The Hall–Kier alpha value is -2.17. The second kappa shape index (κ2) is 9.32. The first-order valence-corrected chi connectivity index (χ1v) is 10.2. The number of hydrogen-bond donors (Lipinski definition) is 2. The van der Waals surface area contributed by atoms with E-state index in [2.05, 4.69) is 43.1 Å². The molecule has 2 N–H and O–H groups in total. The molecule has 30 heavy (non-hydrogen) atoms. The fraction of sp³-hybridized carbons (Fsp3) is 0.111. The highest BCUT2D eigenvalue weighted by molar-refractivity contribution is 9.10. The zero-order valence-corrected chi connectivity index (χ0v) is 19.2. The Labute approximate surface area is 195 Å². The Balaban J connectivity index is 2.04. The number of pyridine rings is 1. The summed E-state index contributed by atoms with van der Waals surface area (Å²) >= 11 is 21.8. The molecule has 1 aromatic carbocycles. The first kappa shape index (κ1) is 22.5. The van der Waals surface area contributed by atoms with Crippen LogP contribution < -0.4 is 5.32 Å². The molecule has 0 saturated heterocycles. The van der Waals surface area contributed by atoms with E-state index in [0.717, 1.165) is 0 Å². The van der Waals surface area contributed by atoms with Crippen molar-refractivity contribution in [3.63, 3.8) is 0 Å². The van der Waals surface area contributed by atoms with Gasteiger partial charge in [-0.25, -0.2) is 9.67 Å². The van der Waals surface area contributed by atoms with Crippen LogP contribution in [0.15, 0.2) is 46.2 Å². The van der Waals surface area contributed by atoms with Crippen molar-refractivity contribution in [3.8, 4) is 5.82 Å². The minimum absolute atomic E-state index is 0.128. The summed E-state index contributed by atoms with van der Waals surface area (Å²) in [7, 11) is 1.51. The fourth-order valence-corrected chi connectivity index (χ4v) is 3.73. The Kier molecular flexibility index (Phi) is 6.99. The molecule has 12 heteroatoms. The first-order valence-electron chi connectivity index (χ1n) is 8.27. The molecule has 3 aromatic rings. The van der Waals surface area contributed by atoms with Crippen molar-refractivity contribution in [1.82, 2.24) is 19.8 Å². The second-order valence-electron chi connectivity index (χ2n) is 5.97. The van der Waals surface area contributed by atoms with E-state index in [1.54, 1.807) is 12.1 Å². The molecule has 8 nitrogen and oxygen atoms in total. The molecule has 0 spiro atoms. The Bertz CT molecular complexity index is 1120. The van der Waals surface area contributed by atoms with E-state index < -0.39 is 12.1 Å². The van der Waals surface area contributed by atoms with Gasteiger partial charge >= 0.3 is 0 Å². The predicted molar refractivity (Wildman–Crippen MR) is 121 cm³/mol. The summed E-state index contributed by atoms with van der Waals surface area (Å²) in [6.07, 6.45) is 0.275. The summed E-state index contributed by atoms with van der Waals surface area (Å²) in [5.74, 6) is -0.296. The second-order valence-corrected chi connectivity index (χ2v) is 8.03. The van der Waals surface area contributed by atoms with Crippen LogP contribution in [-0.4, -0.2) is 44.6 Å². The van der Waals surface area contributed by atoms with Gasteiger partial charge in [-0.05, 0) is 40.2 Å². The third-order valence-corrected chi connectivity index (χ3v) is 5.23. The highest BCUT2D eigenvalue weighted by Crippen LogP contribution is 2.35. The number of aromatic nitrogens is 3. The number of carbonyl (C=O) groups is 1. The Morgan fingerprint density at radius 2 is 2.07 bits per heavy atom. The predicted octanol–water partition coefficient (Wildman–Crippen LogP) is 4.78. The van der Waals surface area contributed by atoms with Crippen LogP contribution in [0.2, 0.25) is 15.1 Å². The summed E-state index contributed by atoms with van der Waals surface area (Å²) in [5, 5.41) is 23.0. The van der Waals surface area contributed by atoms with Crippen LogP contribution in [-0.2, 0) is 0 Å². The van der Waals surface area contributed by atoms with Gasteiger partial charge in [-0.3, -0.25) is 9.80 Å². The number of aliphatic hydroxyl groups is 1. The topological polar surface area (TPSA) is 95.6 Å². The highest BCUT2D eigenvalue weighted by Gasteiger charge is 2.24. The average Bonchev–Trinajstić information content (AvgIpc) is 3.10. The molecule has 0 aliphatic rings. The Morgan fingerprint density at radius 1 is 1.33 bits per heavy atom. The average molecular weight is 533 g/mol. The molecular formula is C18H14BrCl3N6O2. The molecule has 0 bridgehead atoms. The number of aliphatic hydroxyl groups excluding tert-OH is 1. The maximum absolute atomic E-state index is 13.1. The van der Waals surface area contributed by atoms with Crippen LogP contribution in [0.3, 0.4) is 0 Å². The molecule has 0 fully saturated rings. The van der Waals surface area contributed by atoms with Crippen LogP contribution in [0.1, 0.15) is 22.3 Å². The lowest BCUT2D eigenvalue weighted by molar-refractivity contribution is 0.0241. The maximum Gasteiger partial charge on any atom is 0.274 e.